The van der Waals surface area contributed by atoms with E-state index in [1.165, 1.54) is 0 Å². The van der Waals surface area contributed by atoms with Gasteiger partial charge in [0.2, 0.25) is 0 Å². The molecule has 1 heterocycles. The molecule has 5 heteroatoms. The summed E-state index contributed by atoms with van der Waals surface area (Å²) in [5, 5.41) is 23.9. The van der Waals surface area contributed by atoms with Crippen LogP contribution < -0.4 is 0 Å². The van der Waals surface area contributed by atoms with E-state index in [0.29, 0.717) is 17.3 Å². The molecular weight excluding hydrogens is 302 g/mol. The molecular formula is C19H27N3O2. The van der Waals surface area contributed by atoms with Crippen LogP contribution >= 0.6 is 0 Å². The smallest absolute Gasteiger partial charge is 0.162 e. The molecule has 0 spiro atoms. The van der Waals surface area contributed by atoms with Crippen molar-refractivity contribution in [3.8, 4) is 5.75 Å². The Hall–Kier alpha value is -2.30. The molecule has 130 valence electrons. The van der Waals surface area contributed by atoms with Gasteiger partial charge >= 0.3 is 0 Å². The summed E-state index contributed by atoms with van der Waals surface area (Å²) in [6, 6.07) is 3.77. The molecule has 2 rings (SSSR count). The van der Waals surface area contributed by atoms with Gasteiger partial charge in [0.25, 0.3) is 0 Å². The number of oxime groups is 1. The molecule has 2 aromatic rings. The summed E-state index contributed by atoms with van der Waals surface area (Å²) >= 11 is 0. The first kappa shape index (κ1) is 18.0. The van der Waals surface area contributed by atoms with E-state index in [1.54, 1.807) is 17.0 Å². The van der Waals surface area contributed by atoms with Crippen LogP contribution in [0.4, 0.5) is 0 Å². The summed E-state index contributed by atoms with van der Waals surface area (Å²) in [5.74, 6) is 0.874. The van der Waals surface area contributed by atoms with Crippen molar-refractivity contribution >= 4 is 5.71 Å². The highest BCUT2D eigenvalue weighted by molar-refractivity contribution is 6.10. The molecule has 0 bridgehead atoms. The Balaban J connectivity index is 2.78. The Morgan fingerprint density at radius 3 is 1.88 bits per heavy atom. The average molecular weight is 329 g/mol. The van der Waals surface area contributed by atoms with Crippen molar-refractivity contribution in [1.29, 1.82) is 0 Å². The van der Waals surface area contributed by atoms with Gasteiger partial charge in [0, 0.05) is 36.1 Å². The topological polar surface area (TPSA) is 70.6 Å². The largest absolute Gasteiger partial charge is 0.507 e. The maximum absolute atomic E-state index is 10.8. The molecule has 0 saturated carbocycles. The van der Waals surface area contributed by atoms with Crippen LogP contribution in [0.5, 0.6) is 5.75 Å². The van der Waals surface area contributed by atoms with Gasteiger partial charge in [-0.3, -0.25) is 0 Å². The van der Waals surface area contributed by atoms with E-state index < -0.39 is 0 Å². The average Bonchev–Trinajstić information content (AvgIpc) is 2.85. The Kier molecular flexibility index (Phi) is 4.48. The number of aromatic hydroxyl groups is 1. The zero-order valence-corrected chi connectivity index (χ0v) is 15.5. The highest BCUT2D eigenvalue weighted by Gasteiger charge is 2.28. The molecule has 5 nitrogen and oxygen atoms in total. The lowest BCUT2D eigenvalue weighted by Gasteiger charge is -2.28. The van der Waals surface area contributed by atoms with Gasteiger partial charge in [-0.2, -0.15) is 0 Å². The molecule has 0 aliphatic carbocycles. The Morgan fingerprint density at radius 1 is 1.04 bits per heavy atom. The van der Waals surface area contributed by atoms with Crippen LogP contribution in [-0.4, -0.2) is 25.6 Å². The van der Waals surface area contributed by atoms with Crippen molar-refractivity contribution in [2.24, 2.45) is 12.2 Å². The van der Waals surface area contributed by atoms with Crippen molar-refractivity contribution in [3.05, 3.63) is 47.0 Å². The van der Waals surface area contributed by atoms with Crippen LogP contribution in [0.25, 0.3) is 0 Å². The zero-order chi connectivity index (χ0) is 18.3. The first-order valence-electron chi connectivity index (χ1n) is 8.05. The van der Waals surface area contributed by atoms with Gasteiger partial charge in [-0.05, 0) is 23.0 Å². The number of imidazole rings is 1. The third-order valence-electron chi connectivity index (χ3n) is 4.13. The number of hydrogen-bond donors (Lipinski definition) is 2. The van der Waals surface area contributed by atoms with Gasteiger partial charge in [-0.1, -0.05) is 46.7 Å². The number of aromatic nitrogens is 2. The van der Waals surface area contributed by atoms with Gasteiger partial charge in [0.15, 0.2) is 11.5 Å². The van der Waals surface area contributed by atoms with Crippen LogP contribution in [0.1, 0.15) is 64.1 Å². The normalized spacial score (nSPS) is 13.4. The lowest BCUT2D eigenvalue weighted by atomic mass is 9.78. The lowest BCUT2D eigenvalue weighted by molar-refractivity contribution is 0.319. The van der Waals surface area contributed by atoms with Gasteiger partial charge in [-0.15, -0.1) is 0 Å². The molecule has 0 saturated heterocycles. The second kappa shape index (κ2) is 5.96. The molecule has 1 aromatic heterocycles. The number of phenolic OH excluding ortho intramolecular Hbond substituents is 1. The third-order valence-corrected chi connectivity index (χ3v) is 4.13. The summed E-state index contributed by atoms with van der Waals surface area (Å²) in [6.45, 7) is 12.3. The molecule has 2 N–H and O–H groups in total. The Labute approximate surface area is 143 Å². The molecule has 24 heavy (non-hydrogen) atoms. The van der Waals surface area contributed by atoms with Gasteiger partial charge < -0.3 is 14.9 Å². The summed E-state index contributed by atoms with van der Waals surface area (Å²) in [5.41, 5.74) is 2.27. The van der Waals surface area contributed by atoms with E-state index in [2.05, 4.69) is 51.7 Å². The first-order valence-corrected chi connectivity index (χ1v) is 8.05. The molecule has 0 unspecified atom stereocenters. The fraction of sp³-hybridized carbons (Fsp3) is 0.474. The van der Waals surface area contributed by atoms with Crippen molar-refractivity contribution in [1.82, 2.24) is 9.55 Å². The minimum atomic E-state index is -0.248. The summed E-state index contributed by atoms with van der Waals surface area (Å²) in [7, 11) is 1.85. The second-order valence-corrected chi connectivity index (χ2v) is 8.23. The maximum atomic E-state index is 10.8. The molecule has 0 aliphatic rings. The summed E-state index contributed by atoms with van der Waals surface area (Å²) in [4.78, 5) is 4.28. The van der Waals surface area contributed by atoms with Crippen LogP contribution in [0, 0.1) is 0 Å². The number of benzene rings is 1. The minimum Gasteiger partial charge on any atom is -0.507 e. The minimum absolute atomic E-state index is 0.248. The number of aryl methyl sites for hydroxylation is 1. The molecule has 0 fully saturated rings. The quantitative estimate of drug-likeness (QED) is 0.498. The molecule has 0 radical (unpaired) electrons. The third kappa shape index (κ3) is 3.30. The molecule has 1 aromatic carbocycles. The summed E-state index contributed by atoms with van der Waals surface area (Å²) in [6.07, 6.45) is 3.46. The summed E-state index contributed by atoms with van der Waals surface area (Å²) < 4.78 is 1.80. The number of phenols is 1. The van der Waals surface area contributed by atoms with E-state index in [-0.39, 0.29) is 10.8 Å². The first-order chi connectivity index (χ1) is 11.0. The molecule has 0 atom stereocenters. The monoisotopic (exact) mass is 329 g/mol. The zero-order valence-electron chi connectivity index (χ0n) is 15.5. The highest BCUT2D eigenvalue weighted by atomic mass is 16.4. The van der Waals surface area contributed by atoms with E-state index in [1.807, 2.05) is 19.2 Å². The highest BCUT2D eigenvalue weighted by Crippen LogP contribution is 2.40. The van der Waals surface area contributed by atoms with Crippen molar-refractivity contribution in [3.63, 3.8) is 0 Å². The van der Waals surface area contributed by atoms with Crippen molar-refractivity contribution in [2.75, 3.05) is 0 Å². The van der Waals surface area contributed by atoms with Crippen LogP contribution in [0.3, 0.4) is 0 Å². The maximum Gasteiger partial charge on any atom is 0.162 e. The van der Waals surface area contributed by atoms with Gasteiger partial charge in [0.05, 0.1) is 0 Å². The number of nitrogens with zero attached hydrogens (tertiary/aromatic N) is 3. The molecule has 0 amide bonds. The fourth-order valence-corrected chi connectivity index (χ4v) is 2.74. The van der Waals surface area contributed by atoms with E-state index in [4.69, 9.17) is 0 Å². The van der Waals surface area contributed by atoms with Gasteiger partial charge in [-0.25, -0.2) is 4.98 Å². The Morgan fingerprint density at radius 2 is 1.54 bits per heavy atom. The van der Waals surface area contributed by atoms with Crippen LogP contribution in [0.2, 0.25) is 0 Å². The number of hydrogen-bond acceptors (Lipinski definition) is 4. The second-order valence-electron chi connectivity index (χ2n) is 8.23. The molecule has 0 aliphatic heterocycles. The van der Waals surface area contributed by atoms with E-state index >= 15 is 0 Å². The van der Waals surface area contributed by atoms with Crippen molar-refractivity contribution < 1.29 is 10.3 Å². The predicted octanol–water partition coefficient (Wildman–Crippen LogP) is 3.95. The fourth-order valence-electron chi connectivity index (χ4n) is 2.74. The predicted molar refractivity (Wildman–Crippen MR) is 96.1 cm³/mol. The Bertz CT molecular complexity index is 740. The lowest BCUT2D eigenvalue weighted by Crippen LogP contribution is -2.20. The van der Waals surface area contributed by atoms with E-state index in [0.717, 1.165) is 16.7 Å². The van der Waals surface area contributed by atoms with Crippen molar-refractivity contribution in [2.45, 2.75) is 52.4 Å². The van der Waals surface area contributed by atoms with Gasteiger partial charge in [0.1, 0.15) is 5.75 Å². The van der Waals surface area contributed by atoms with Crippen LogP contribution in [-0.2, 0) is 17.9 Å². The standard InChI is InChI=1S/C19H27N3O2/c1-18(2,3)13-10-12(11-14(16(13)23)19(4,5)6)15(21-24)17-20-8-9-22(17)7/h8-11,23-24H,1-7H3/b21-15-. The van der Waals surface area contributed by atoms with E-state index in [9.17, 15) is 10.3 Å². The number of rotatable bonds is 2. The van der Waals surface area contributed by atoms with Crippen LogP contribution in [0.15, 0.2) is 29.7 Å². The SMILES string of the molecule is Cn1ccnc1/C(=N\O)c1cc(C(C)(C)C)c(O)c(C(C)(C)C)c1.